The third-order valence-corrected chi connectivity index (χ3v) is 6.06. The van der Waals surface area contributed by atoms with Crippen LogP contribution < -0.4 is 14.2 Å². The van der Waals surface area contributed by atoms with Gasteiger partial charge < -0.3 is 23.7 Å². The minimum absolute atomic E-state index is 0.0364. The van der Waals surface area contributed by atoms with Crippen LogP contribution >= 0.6 is 0 Å². The first-order valence-corrected chi connectivity index (χ1v) is 13.1. The lowest BCUT2D eigenvalue weighted by Crippen LogP contribution is -2.14. The van der Waals surface area contributed by atoms with Crippen LogP contribution in [0.15, 0.2) is 85.0 Å². The molecule has 0 aliphatic rings. The molecule has 0 radical (unpaired) electrons. The van der Waals surface area contributed by atoms with Crippen molar-refractivity contribution in [1.82, 2.24) is 0 Å². The lowest BCUT2D eigenvalue weighted by atomic mass is 9.94. The Kier molecular flexibility index (Phi) is 10.9. The molecule has 0 aliphatic carbocycles. The Morgan fingerprint density at radius 1 is 0.628 bits per heavy atom. The molecule has 0 aliphatic heterocycles. The number of rotatable bonds is 12. The molecule has 0 amide bonds. The molecule has 0 N–H and O–H groups in total. The second-order valence-corrected chi connectivity index (χ2v) is 9.86. The topological polar surface area (TPSA) is 97.4 Å². The molecule has 0 saturated carbocycles. The van der Waals surface area contributed by atoms with E-state index in [1.165, 1.54) is 40.2 Å². The predicted octanol–water partition coefficient (Wildman–Crippen LogP) is 6.90. The van der Waals surface area contributed by atoms with Gasteiger partial charge in [-0.2, -0.15) is 0 Å². The molecule has 3 aromatic rings. The summed E-state index contributed by atoms with van der Waals surface area (Å²) in [5, 5.41) is 0. The molecule has 0 heterocycles. The fourth-order valence-corrected chi connectivity index (χ4v) is 3.91. The van der Waals surface area contributed by atoms with E-state index in [2.05, 4.69) is 19.7 Å². The summed E-state index contributed by atoms with van der Waals surface area (Å²) in [5.41, 5.74) is 4.24. The zero-order valence-electron chi connectivity index (χ0n) is 24.8. The largest absolute Gasteiger partial charge is 0.423 e. The summed E-state index contributed by atoms with van der Waals surface area (Å²) in [6.07, 6.45) is 0. The maximum absolute atomic E-state index is 15.4. The molecule has 0 bridgehead atoms. The molecule has 3 rings (SSSR count). The lowest BCUT2D eigenvalue weighted by molar-refractivity contribution is -0.132. The molecular weight excluding hydrogens is 555 g/mol. The summed E-state index contributed by atoms with van der Waals surface area (Å²) < 4.78 is 42.1. The van der Waals surface area contributed by atoms with Crippen molar-refractivity contribution in [2.75, 3.05) is 14.2 Å². The second-order valence-electron chi connectivity index (χ2n) is 9.86. The smallest absolute Gasteiger partial charge is 0.338 e. The summed E-state index contributed by atoms with van der Waals surface area (Å²) in [4.78, 5) is 36.6. The molecule has 0 aromatic heterocycles. The molecule has 0 saturated heterocycles. The number of carbonyl (C=O) groups excluding carboxylic acids is 3. The summed E-state index contributed by atoms with van der Waals surface area (Å²) in [6.45, 7) is 15.4. The second kappa shape index (κ2) is 14.4. The minimum atomic E-state index is -0.923. The SMILES string of the molecule is C=C(C)C(=O)Oc1ccc(-c2ccc(-c3cc(F)c(OC(=O)C(=C)C)c(OC(=O)C(=C)C)c3)c(COC)c2)cc1COC. The van der Waals surface area contributed by atoms with Crippen molar-refractivity contribution in [3.63, 3.8) is 0 Å². The van der Waals surface area contributed by atoms with Crippen molar-refractivity contribution in [2.45, 2.75) is 34.0 Å². The van der Waals surface area contributed by atoms with E-state index in [1.54, 1.807) is 25.1 Å². The van der Waals surface area contributed by atoms with Crippen LogP contribution in [0.3, 0.4) is 0 Å². The van der Waals surface area contributed by atoms with Gasteiger partial charge in [0.2, 0.25) is 5.75 Å². The predicted molar refractivity (Wildman–Crippen MR) is 160 cm³/mol. The molecule has 0 atom stereocenters. The van der Waals surface area contributed by atoms with E-state index < -0.39 is 29.5 Å². The minimum Gasteiger partial charge on any atom is -0.423 e. The molecule has 0 fully saturated rings. The summed E-state index contributed by atoms with van der Waals surface area (Å²) >= 11 is 0. The first-order chi connectivity index (χ1) is 20.4. The fourth-order valence-electron chi connectivity index (χ4n) is 3.91. The average Bonchev–Trinajstić information content (AvgIpc) is 2.95. The highest BCUT2D eigenvalue weighted by atomic mass is 19.1. The quantitative estimate of drug-likeness (QED) is 0.128. The van der Waals surface area contributed by atoms with E-state index in [0.717, 1.165) is 11.1 Å². The van der Waals surface area contributed by atoms with Gasteiger partial charge in [-0.3, -0.25) is 0 Å². The van der Waals surface area contributed by atoms with Crippen LogP contribution in [0.4, 0.5) is 4.39 Å². The van der Waals surface area contributed by atoms with E-state index in [9.17, 15) is 14.4 Å². The first-order valence-electron chi connectivity index (χ1n) is 13.1. The van der Waals surface area contributed by atoms with Crippen LogP contribution in [0.1, 0.15) is 31.9 Å². The van der Waals surface area contributed by atoms with Gasteiger partial charge in [0.1, 0.15) is 5.75 Å². The van der Waals surface area contributed by atoms with Gasteiger partial charge in [0.05, 0.1) is 13.2 Å². The molecule has 0 unspecified atom stereocenters. The standard InChI is InChI=1S/C34H33FO8/c1-19(2)32(36)41-29-12-10-23(14-26(29)18-40-8)22-9-11-27(25(13-22)17-39-7)24-15-28(35)31(43-34(38)21(5)6)30(16-24)42-33(37)20(3)4/h9-16H,1,3,5,17-18H2,2,4,6-8H3. The van der Waals surface area contributed by atoms with Crippen LogP contribution in [0, 0.1) is 5.82 Å². The van der Waals surface area contributed by atoms with Crippen molar-refractivity contribution in [1.29, 1.82) is 0 Å². The van der Waals surface area contributed by atoms with Crippen molar-refractivity contribution in [2.24, 2.45) is 0 Å². The third kappa shape index (κ3) is 8.12. The fraction of sp³-hybridized carbons (Fsp3) is 0.206. The van der Waals surface area contributed by atoms with Crippen LogP contribution in [0.25, 0.3) is 22.3 Å². The van der Waals surface area contributed by atoms with E-state index in [1.807, 2.05) is 18.2 Å². The van der Waals surface area contributed by atoms with Crippen molar-refractivity contribution >= 4 is 17.9 Å². The Balaban J connectivity index is 2.11. The Bertz CT molecular complexity index is 1620. The molecule has 0 spiro atoms. The van der Waals surface area contributed by atoms with Crippen LogP contribution in [-0.2, 0) is 37.1 Å². The Morgan fingerprint density at radius 3 is 1.67 bits per heavy atom. The maximum Gasteiger partial charge on any atom is 0.338 e. The van der Waals surface area contributed by atoms with Crippen molar-refractivity contribution in [3.8, 4) is 39.5 Å². The van der Waals surface area contributed by atoms with Crippen LogP contribution in [-0.4, -0.2) is 32.1 Å². The number of hydrogen-bond donors (Lipinski definition) is 0. The van der Waals surface area contributed by atoms with Gasteiger partial charge >= 0.3 is 17.9 Å². The van der Waals surface area contributed by atoms with Crippen molar-refractivity contribution < 1.29 is 42.5 Å². The highest BCUT2D eigenvalue weighted by molar-refractivity contribution is 5.92. The highest BCUT2D eigenvalue weighted by Crippen LogP contribution is 2.39. The van der Waals surface area contributed by atoms with E-state index in [4.69, 9.17) is 23.7 Å². The van der Waals surface area contributed by atoms with Gasteiger partial charge in [-0.25, -0.2) is 18.8 Å². The van der Waals surface area contributed by atoms with Gasteiger partial charge in [0.15, 0.2) is 11.6 Å². The molecule has 3 aromatic carbocycles. The highest BCUT2D eigenvalue weighted by Gasteiger charge is 2.22. The number of halogens is 1. The zero-order chi connectivity index (χ0) is 31.8. The van der Waals surface area contributed by atoms with Gasteiger partial charge in [0, 0.05) is 36.5 Å². The lowest BCUT2D eigenvalue weighted by Gasteiger charge is -2.17. The van der Waals surface area contributed by atoms with Gasteiger partial charge in [-0.1, -0.05) is 37.9 Å². The monoisotopic (exact) mass is 588 g/mol. The summed E-state index contributed by atoms with van der Waals surface area (Å²) in [7, 11) is 3.06. The van der Waals surface area contributed by atoms with Gasteiger partial charge in [-0.15, -0.1) is 0 Å². The number of hydrogen-bond acceptors (Lipinski definition) is 8. The van der Waals surface area contributed by atoms with E-state index >= 15 is 4.39 Å². The maximum atomic E-state index is 15.4. The van der Waals surface area contributed by atoms with Gasteiger partial charge in [-0.05, 0) is 78.9 Å². The number of esters is 3. The third-order valence-electron chi connectivity index (χ3n) is 6.06. The normalized spacial score (nSPS) is 10.6. The molecule has 43 heavy (non-hydrogen) atoms. The number of benzene rings is 3. The molecule has 224 valence electrons. The summed E-state index contributed by atoms with van der Waals surface area (Å²) in [6, 6.07) is 13.4. The zero-order valence-corrected chi connectivity index (χ0v) is 24.8. The number of ether oxygens (including phenoxy) is 5. The first kappa shape index (κ1) is 32.7. The van der Waals surface area contributed by atoms with Crippen LogP contribution in [0.2, 0.25) is 0 Å². The summed E-state index contributed by atoms with van der Waals surface area (Å²) in [5.74, 6) is -3.65. The Morgan fingerprint density at radius 2 is 1.12 bits per heavy atom. The number of carbonyl (C=O) groups is 3. The van der Waals surface area contributed by atoms with E-state index in [-0.39, 0.29) is 35.7 Å². The van der Waals surface area contributed by atoms with Gasteiger partial charge in [0.25, 0.3) is 0 Å². The molecular formula is C34H33FO8. The van der Waals surface area contributed by atoms with Crippen molar-refractivity contribution in [3.05, 3.63) is 102 Å². The van der Waals surface area contributed by atoms with E-state index in [0.29, 0.717) is 28.0 Å². The number of methoxy groups -OCH3 is 2. The molecule has 9 heteroatoms. The van der Waals surface area contributed by atoms with Crippen LogP contribution in [0.5, 0.6) is 17.2 Å². The Hall–Kier alpha value is -4.86. The Labute approximate surface area is 250 Å². The molecule has 8 nitrogen and oxygen atoms in total. The average molecular weight is 589 g/mol.